The van der Waals surface area contributed by atoms with Gasteiger partial charge in [-0.3, -0.25) is 4.79 Å². The van der Waals surface area contributed by atoms with Gasteiger partial charge in [-0.1, -0.05) is 15.9 Å². The molecule has 1 amide bonds. The van der Waals surface area contributed by atoms with Gasteiger partial charge in [0.1, 0.15) is 5.75 Å². The molecule has 0 aromatic heterocycles. The van der Waals surface area contributed by atoms with Crippen LogP contribution in [0.4, 0.5) is 8.78 Å². The summed E-state index contributed by atoms with van der Waals surface area (Å²) in [5, 5.41) is 11.4. The number of phenols is 1. The van der Waals surface area contributed by atoms with Gasteiger partial charge in [-0.15, -0.1) is 12.4 Å². The topological polar surface area (TPSA) is 75.3 Å². The zero-order valence-corrected chi connectivity index (χ0v) is 11.5. The zero-order chi connectivity index (χ0) is 13.1. The van der Waals surface area contributed by atoms with Crippen LogP contribution in [0.3, 0.4) is 0 Å². The number of hydrogen-bond acceptors (Lipinski definition) is 3. The molecule has 1 aromatic carbocycles. The maximum absolute atomic E-state index is 12.8. The molecule has 0 aliphatic heterocycles. The lowest BCUT2D eigenvalue weighted by Crippen LogP contribution is -2.41. The second-order valence-corrected chi connectivity index (χ2v) is 4.32. The lowest BCUT2D eigenvalue weighted by Gasteiger charge is -2.14. The Kier molecular flexibility index (Phi) is 6.51. The Hall–Kier alpha value is -0.920. The molecule has 1 rings (SSSR count). The van der Waals surface area contributed by atoms with Gasteiger partial charge in [0.2, 0.25) is 0 Å². The zero-order valence-electron chi connectivity index (χ0n) is 9.12. The van der Waals surface area contributed by atoms with Crippen LogP contribution in [0.1, 0.15) is 10.4 Å². The van der Waals surface area contributed by atoms with Crippen LogP contribution in [0.25, 0.3) is 0 Å². The Labute approximate surface area is 117 Å². The third kappa shape index (κ3) is 4.75. The molecule has 0 saturated heterocycles. The van der Waals surface area contributed by atoms with E-state index < -0.39 is 24.9 Å². The van der Waals surface area contributed by atoms with Crippen LogP contribution in [0.2, 0.25) is 0 Å². The molecule has 0 bridgehead atoms. The van der Waals surface area contributed by atoms with Gasteiger partial charge >= 0.3 is 0 Å². The van der Waals surface area contributed by atoms with Gasteiger partial charge in [-0.05, 0) is 18.2 Å². The van der Waals surface area contributed by atoms with Crippen molar-refractivity contribution in [1.29, 1.82) is 0 Å². The van der Waals surface area contributed by atoms with E-state index in [0.29, 0.717) is 4.47 Å². The van der Waals surface area contributed by atoms with Crippen molar-refractivity contribution in [1.82, 2.24) is 5.32 Å². The Morgan fingerprint density at radius 2 is 2.11 bits per heavy atom. The number of carbonyl (C=O) groups is 1. The molecule has 4 N–H and O–H groups in total. The van der Waals surface area contributed by atoms with E-state index in [2.05, 4.69) is 15.9 Å². The fraction of sp³-hybridized carbons (Fsp3) is 0.300. The molecule has 1 aromatic rings. The molecule has 0 unspecified atom stereocenters. The minimum atomic E-state index is -3.16. The van der Waals surface area contributed by atoms with E-state index in [0.717, 1.165) is 0 Å². The van der Waals surface area contributed by atoms with Crippen molar-refractivity contribution < 1.29 is 18.7 Å². The normalized spacial score (nSPS) is 10.7. The first kappa shape index (κ1) is 17.1. The van der Waals surface area contributed by atoms with E-state index in [4.69, 9.17) is 5.73 Å². The van der Waals surface area contributed by atoms with E-state index in [-0.39, 0.29) is 23.7 Å². The Morgan fingerprint density at radius 3 is 2.67 bits per heavy atom. The fourth-order valence-corrected chi connectivity index (χ4v) is 1.43. The minimum absolute atomic E-state index is 0. The standard InChI is InChI=1S/C10H11BrF2N2O2.ClH/c11-6-1-2-8(16)7(3-6)9(17)15-5-10(12,13)4-14;/h1-3,16H,4-5,14H2,(H,15,17);1H. The highest BCUT2D eigenvalue weighted by Gasteiger charge is 2.27. The molecule has 8 heteroatoms. The minimum Gasteiger partial charge on any atom is -0.507 e. The smallest absolute Gasteiger partial charge is 0.277 e. The Morgan fingerprint density at radius 1 is 1.50 bits per heavy atom. The quantitative estimate of drug-likeness (QED) is 0.780. The lowest BCUT2D eigenvalue weighted by atomic mass is 10.2. The molecular formula is C10H12BrClF2N2O2. The van der Waals surface area contributed by atoms with Gasteiger partial charge in [0.15, 0.2) is 0 Å². The molecule has 4 nitrogen and oxygen atoms in total. The van der Waals surface area contributed by atoms with Gasteiger partial charge < -0.3 is 16.2 Å². The van der Waals surface area contributed by atoms with Crippen molar-refractivity contribution in [2.75, 3.05) is 13.1 Å². The number of nitrogens with two attached hydrogens (primary N) is 1. The van der Waals surface area contributed by atoms with E-state index in [1.54, 1.807) is 0 Å². The maximum Gasteiger partial charge on any atom is 0.277 e. The first-order valence-corrected chi connectivity index (χ1v) is 5.49. The molecule has 18 heavy (non-hydrogen) atoms. The number of alkyl halides is 2. The molecular weight excluding hydrogens is 333 g/mol. The molecule has 0 aliphatic rings. The molecule has 0 atom stereocenters. The number of benzene rings is 1. The van der Waals surface area contributed by atoms with Gasteiger partial charge in [0.25, 0.3) is 11.8 Å². The molecule has 0 radical (unpaired) electrons. The number of nitrogens with one attached hydrogen (secondary N) is 1. The van der Waals surface area contributed by atoms with E-state index in [1.807, 2.05) is 5.32 Å². The summed E-state index contributed by atoms with van der Waals surface area (Å²) in [6.07, 6.45) is 0. The highest BCUT2D eigenvalue weighted by Crippen LogP contribution is 2.21. The summed E-state index contributed by atoms with van der Waals surface area (Å²) in [7, 11) is 0. The summed E-state index contributed by atoms with van der Waals surface area (Å²) < 4.78 is 26.2. The molecule has 0 aliphatic carbocycles. The van der Waals surface area contributed by atoms with E-state index >= 15 is 0 Å². The summed E-state index contributed by atoms with van der Waals surface area (Å²) in [5.41, 5.74) is 4.75. The maximum atomic E-state index is 12.8. The number of halogens is 4. The third-order valence-corrected chi connectivity index (χ3v) is 2.50. The average molecular weight is 346 g/mol. The van der Waals surface area contributed by atoms with Crippen LogP contribution >= 0.6 is 28.3 Å². The second-order valence-electron chi connectivity index (χ2n) is 3.40. The van der Waals surface area contributed by atoms with Crippen LogP contribution < -0.4 is 11.1 Å². The predicted molar refractivity (Wildman–Crippen MR) is 69.4 cm³/mol. The van der Waals surface area contributed by atoms with Crippen LogP contribution in [-0.2, 0) is 0 Å². The fourth-order valence-electron chi connectivity index (χ4n) is 1.07. The van der Waals surface area contributed by atoms with Crippen LogP contribution in [-0.4, -0.2) is 30.0 Å². The summed E-state index contributed by atoms with van der Waals surface area (Å²) in [6.45, 7) is -1.72. The van der Waals surface area contributed by atoms with Crippen LogP contribution in [0, 0.1) is 0 Å². The molecule has 0 saturated carbocycles. The van der Waals surface area contributed by atoms with E-state index in [1.165, 1.54) is 18.2 Å². The molecule has 102 valence electrons. The number of rotatable bonds is 4. The first-order valence-electron chi connectivity index (χ1n) is 4.70. The summed E-state index contributed by atoms with van der Waals surface area (Å²) >= 11 is 3.11. The van der Waals surface area contributed by atoms with Gasteiger partial charge in [0.05, 0.1) is 18.7 Å². The number of amides is 1. The second kappa shape index (κ2) is 6.86. The largest absolute Gasteiger partial charge is 0.507 e. The van der Waals surface area contributed by atoms with Crippen LogP contribution in [0.15, 0.2) is 22.7 Å². The summed E-state index contributed by atoms with van der Waals surface area (Å²) in [4.78, 5) is 11.5. The summed E-state index contributed by atoms with van der Waals surface area (Å²) in [5.74, 6) is -4.21. The highest BCUT2D eigenvalue weighted by atomic mass is 79.9. The molecule has 0 spiro atoms. The molecule has 0 fully saturated rings. The highest BCUT2D eigenvalue weighted by molar-refractivity contribution is 9.10. The van der Waals surface area contributed by atoms with Gasteiger partial charge in [-0.2, -0.15) is 0 Å². The Bertz CT molecular complexity index is 432. The number of hydrogen-bond donors (Lipinski definition) is 3. The Balaban J connectivity index is 0.00000289. The van der Waals surface area contributed by atoms with Crippen molar-refractivity contribution in [3.63, 3.8) is 0 Å². The monoisotopic (exact) mass is 344 g/mol. The van der Waals surface area contributed by atoms with E-state index in [9.17, 15) is 18.7 Å². The van der Waals surface area contributed by atoms with Crippen LogP contribution in [0.5, 0.6) is 5.75 Å². The van der Waals surface area contributed by atoms with Crippen molar-refractivity contribution >= 4 is 34.2 Å². The average Bonchev–Trinajstić information content (AvgIpc) is 2.29. The lowest BCUT2D eigenvalue weighted by molar-refractivity contribution is 0.0118. The van der Waals surface area contributed by atoms with Crippen molar-refractivity contribution in [3.05, 3.63) is 28.2 Å². The summed E-state index contributed by atoms with van der Waals surface area (Å²) in [6, 6.07) is 4.16. The SMILES string of the molecule is Cl.NCC(F)(F)CNC(=O)c1cc(Br)ccc1O. The third-order valence-electron chi connectivity index (χ3n) is 2.01. The number of aromatic hydroxyl groups is 1. The predicted octanol–water partition coefficient (Wildman–Crippen LogP) is 1.90. The molecule has 0 heterocycles. The van der Waals surface area contributed by atoms with Crippen molar-refractivity contribution in [2.45, 2.75) is 5.92 Å². The number of phenolic OH excluding ortho intramolecular Hbond substituents is 1. The van der Waals surface area contributed by atoms with Crippen molar-refractivity contribution in [3.8, 4) is 5.75 Å². The van der Waals surface area contributed by atoms with Gasteiger partial charge in [0, 0.05) is 4.47 Å². The number of carbonyl (C=O) groups excluding carboxylic acids is 1. The van der Waals surface area contributed by atoms with Crippen molar-refractivity contribution in [2.24, 2.45) is 5.73 Å². The van der Waals surface area contributed by atoms with Gasteiger partial charge in [-0.25, -0.2) is 8.78 Å². The first-order chi connectivity index (χ1) is 7.85.